The molecule has 3 heterocycles. The number of nitro benzene ring substituents is 3. The van der Waals surface area contributed by atoms with E-state index in [1.54, 1.807) is 31.2 Å². The van der Waals surface area contributed by atoms with Gasteiger partial charge in [-0.3, -0.25) is 45.0 Å². The van der Waals surface area contributed by atoms with Crippen LogP contribution in [0, 0.1) is 37.3 Å². The zero-order valence-corrected chi connectivity index (χ0v) is 43.7. The van der Waals surface area contributed by atoms with Crippen molar-refractivity contribution in [1.29, 1.82) is 0 Å². The first-order chi connectivity index (χ1) is 31.9. The SMILES string of the molecule is CC(C)(C)c1cc(Br)c(NCCN2CCOCC2)c([N+](=O)[O-])c1.CC(C)(C)c1ccc(NCCN2CCOCC2)c([N+](=O)[O-])c1.Cc1ccc(C(C)(C)C)cc1[N+](=O)[O-].NCCN1CCOCC1. The zero-order valence-electron chi connectivity index (χ0n) is 42.2. The molecule has 19 heteroatoms. The lowest BCUT2D eigenvalue weighted by molar-refractivity contribution is -0.385. The van der Waals surface area contributed by atoms with Crippen molar-refractivity contribution in [3.63, 3.8) is 0 Å². The number of morpholine rings is 3. The molecule has 0 radical (unpaired) electrons. The topological polar surface area (TPSA) is 217 Å². The number of nitrogens with zero attached hydrogens (tertiary/aromatic N) is 6. The lowest BCUT2D eigenvalue weighted by Crippen LogP contribution is -2.39. The van der Waals surface area contributed by atoms with Crippen LogP contribution in [0.3, 0.4) is 0 Å². The second-order valence-corrected chi connectivity index (χ2v) is 21.0. The van der Waals surface area contributed by atoms with Gasteiger partial charge in [0.05, 0.1) is 54.4 Å². The van der Waals surface area contributed by atoms with E-state index in [0.717, 1.165) is 126 Å². The third-order valence-electron chi connectivity index (χ3n) is 11.7. The molecule has 0 aromatic heterocycles. The van der Waals surface area contributed by atoms with Gasteiger partial charge in [0.15, 0.2) is 0 Å². The van der Waals surface area contributed by atoms with Crippen LogP contribution < -0.4 is 16.4 Å². The summed E-state index contributed by atoms with van der Waals surface area (Å²) in [6.45, 7) is 35.6. The van der Waals surface area contributed by atoms with Crippen molar-refractivity contribution in [2.75, 3.05) is 129 Å². The minimum Gasteiger partial charge on any atom is -0.379 e. The predicted molar refractivity (Wildman–Crippen MR) is 276 cm³/mol. The van der Waals surface area contributed by atoms with E-state index < -0.39 is 0 Å². The van der Waals surface area contributed by atoms with Crippen LogP contribution in [-0.4, -0.2) is 148 Å². The van der Waals surface area contributed by atoms with Gasteiger partial charge in [0, 0.05) is 107 Å². The van der Waals surface area contributed by atoms with Crippen molar-refractivity contribution in [1.82, 2.24) is 14.7 Å². The summed E-state index contributed by atoms with van der Waals surface area (Å²) in [5.41, 5.74) is 10.3. The molecule has 3 fully saturated rings. The highest BCUT2D eigenvalue weighted by molar-refractivity contribution is 9.10. The van der Waals surface area contributed by atoms with Crippen LogP contribution in [0.4, 0.5) is 28.4 Å². The van der Waals surface area contributed by atoms with Crippen molar-refractivity contribution in [2.24, 2.45) is 5.73 Å². The highest BCUT2D eigenvalue weighted by Crippen LogP contribution is 2.38. The molecule has 4 N–H and O–H groups in total. The van der Waals surface area contributed by atoms with E-state index >= 15 is 0 Å². The normalized spacial score (nSPS) is 16.2. The number of halogens is 1. The van der Waals surface area contributed by atoms with Crippen LogP contribution in [0.5, 0.6) is 0 Å². The Morgan fingerprint density at radius 3 is 1.35 bits per heavy atom. The van der Waals surface area contributed by atoms with Gasteiger partial charge in [-0.25, -0.2) is 0 Å². The molecule has 3 aliphatic rings. The summed E-state index contributed by atoms with van der Waals surface area (Å²) < 4.78 is 16.5. The summed E-state index contributed by atoms with van der Waals surface area (Å²) in [5.74, 6) is 0. The predicted octanol–water partition coefficient (Wildman–Crippen LogP) is 8.51. The second kappa shape index (κ2) is 27.7. The molecule has 0 saturated carbocycles. The Labute approximate surface area is 412 Å². The molecule has 0 spiro atoms. The molecule has 0 unspecified atom stereocenters. The van der Waals surface area contributed by atoms with E-state index in [1.807, 2.05) is 65.8 Å². The van der Waals surface area contributed by atoms with Crippen LogP contribution in [0.1, 0.15) is 84.6 Å². The summed E-state index contributed by atoms with van der Waals surface area (Å²) in [6.07, 6.45) is 0. The number of nitro groups is 3. The molecule has 3 saturated heterocycles. The molecular formula is C49H78BrN9O9. The van der Waals surface area contributed by atoms with Gasteiger partial charge < -0.3 is 30.6 Å². The van der Waals surface area contributed by atoms with Gasteiger partial charge >= 0.3 is 0 Å². The average Bonchev–Trinajstić information content (AvgIpc) is 3.27. The van der Waals surface area contributed by atoms with Gasteiger partial charge in [0.1, 0.15) is 11.4 Å². The Bertz CT molecular complexity index is 2050. The number of aryl methyl sites for hydroxylation is 1. The van der Waals surface area contributed by atoms with Crippen molar-refractivity contribution >= 4 is 44.4 Å². The molecule has 68 heavy (non-hydrogen) atoms. The number of ether oxygens (including phenoxy) is 3. The molecular weight excluding hydrogens is 938 g/mol. The molecule has 6 rings (SSSR count). The van der Waals surface area contributed by atoms with Gasteiger partial charge in [-0.1, -0.05) is 80.5 Å². The number of nitrogens with one attached hydrogen (secondary N) is 2. The van der Waals surface area contributed by atoms with E-state index in [2.05, 4.69) is 62.0 Å². The van der Waals surface area contributed by atoms with Crippen LogP contribution in [0.2, 0.25) is 0 Å². The number of hydrogen-bond acceptors (Lipinski definition) is 15. The molecule has 380 valence electrons. The Balaban J connectivity index is 0.000000253. The molecule has 18 nitrogen and oxygen atoms in total. The minimum atomic E-state index is -0.329. The Morgan fingerprint density at radius 1 is 0.559 bits per heavy atom. The quantitative estimate of drug-likeness (QED) is 0.108. The van der Waals surface area contributed by atoms with Gasteiger partial charge in [0.2, 0.25) is 0 Å². The van der Waals surface area contributed by atoms with E-state index in [9.17, 15) is 30.3 Å². The molecule has 3 aliphatic heterocycles. The molecule has 3 aromatic carbocycles. The number of anilines is 2. The summed E-state index contributed by atoms with van der Waals surface area (Å²) in [5, 5.41) is 39.9. The summed E-state index contributed by atoms with van der Waals surface area (Å²) in [7, 11) is 0. The fourth-order valence-electron chi connectivity index (χ4n) is 7.26. The summed E-state index contributed by atoms with van der Waals surface area (Å²) in [6, 6.07) is 14.5. The van der Waals surface area contributed by atoms with E-state index in [1.165, 1.54) is 0 Å². The lowest BCUT2D eigenvalue weighted by atomic mass is 9.86. The fraction of sp³-hybridized carbons (Fsp3) is 0.633. The molecule has 0 aliphatic carbocycles. The van der Waals surface area contributed by atoms with Crippen molar-refractivity contribution in [3.8, 4) is 0 Å². The highest BCUT2D eigenvalue weighted by atomic mass is 79.9. The van der Waals surface area contributed by atoms with Crippen molar-refractivity contribution < 1.29 is 29.0 Å². The maximum Gasteiger partial charge on any atom is 0.293 e. The molecule has 0 amide bonds. The largest absolute Gasteiger partial charge is 0.379 e. The molecule has 0 bridgehead atoms. The van der Waals surface area contributed by atoms with Crippen molar-refractivity contribution in [3.05, 3.63) is 106 Å². The number of rotatable bonds is 13. The first kappa shape index (κ1) is 58.0. The van der Waals surface area contributed by atoms with Crippen molar-refractivity contribution in [2.45, 2.75) is 85.5 Å². The number of hydrogen-bond donors (Lipinski definition) is 3. The summed E-state index contributed by atoms with van der Waals surface area (Å²) >= 11 is 3.48. The monoisotopic (exact) mass is 1020 g/mol. The van der Waals surface area contributed by atoms with Gasteiger partial charge in [-0.15, -0.1) is 0 Å². The second-order valence-electron chi connectivity index (χ2n) is 20.1. The number of benzene rings is 3. The standard InChI is InChI=1S/C16H24BrN3O3.C16H25N3O3.C11H15NO2.C6H14N2O/c1-16(2,3)12-10-13(17)15(14(11-12)20(21)22)18-4-5-19-6-8-23-9-7-19;1-16(2,3)13-4-5-14(15(12-13)19(20)21)17-6-7-18-8-10-22-11-9-18;1-8-5-6-9(11(2,3)4)7-10(8)12(13)14;7-1-2-8-3-5-9-6-4-8/h10-11,18H,4-9H2,1-3H3;4-5,12,17H,6-11H2,1-3H3;5-7H,1-4H3;1-7H2. The molecule has 3 aromatic rings. The van der Waals surface area contributed by atoms with Crippen LogP contribution >= 0.6 is 15.9 Å². The summed E-state index contributed by atoms with van der Waals surface area (Å²) in [4.78, 5) is 39.4. The van der Waals surface area contributed by atoms with Gasteiger partial charge in [0.25, 0.3) is 17.1 Å². The first-order valence-corrected chi connectivity index (χ1v) is 24.3. The average molecular weight is 1020 g/mol. The van der Waals surface area contributed by atoms with E-state index in [0.29, 0.717) is 30.0 Å². The van der Waals surface area contributed by atoms with Gasteiger partial charge in [-0.2, -0.15) is 0 Å². The Morgan fingerprint density at radius 2 is 0.941 bits per heavy atom. The first-order valence-electron chi connectivity index (χ1n) is 23.5. The number of nitrogens with two attached hydrogens (primary N) is 1. The highest BCUT2D eigenvalue weighted by Gasteiger charge is 2.25. The third-order valence-corrected chi connectivity index (χ3v) is 12.3. The Kier molecular flexibility index (Phi) is 23.7. The minimum absolute atomic E-state index is 0.0432. The Hall–Kier alpha value is -4.34. The van der Waals surface area contributed by atoms with Crippen LogP contribution in [0.15, 0.2) is 53.0 Å². The fourth-order valence-corrected chi connectivity index (χ4v) is 7.85. The van der Waals surface area contributed by atoms with Gasteiger partial charge in [-0.05, 0) is 67.9 Å². The molecule has 0 atom stereocenters. The van der Waals surface area contributed by atoms with Crippen LogP contribution in [-0.2, 0) is 30.5 Å². The van der Waals surface area contributed by atoms with E-state index in [-0.39, 0.29) is 48.1 Å². The zero-order chi connectivity index (χ0) is 50.7. The lowest BCUT2D eigenvalue weighted by Gasteiger charge is -2.26. The maximum absolute atomic E-state index is 11.4. The van der Waals surface area contributed by atoms with E-state index in [4.69, 9.17) is 19.9 Å². The third kappa shape index (κ3) is 19.9. The maximum atomic E-state index is 11.4. The smallest absolute Gasteiger partial charge is 0.293 e. The van der Waals surface area contributed by atoms with Crippen LogP contribution in [0.25, 0.3) is 0 Å².